The fourth-order valence-electron chi connectivity index (χ4n) is 3.10. The van der Waals surface area contributed by atoms with Crippen molar-refractivity contribution >= 4 is 0 Å². The zero-order valence-electron chi connectivity index (χ0n) is 14.1. The first-order chi connectivity index (χ1) is 10.1. The Morgan fingerprint density at radius 3 is 2.33 bits per heavy atom. The van der Waals surface area contributed by atoms with E-state index in [4.69, 9.17) is 0 Å². The van der Waals surface area contributed by atoms with E-state index in [1.807, 2.05) is 0 Å². The lowest BCUT2D eigenvalue weighted by Gasteiger charge is -2.35. The van der Waals surface area contributed by atoms with E-state index >= 15 is 0 Å². The molecule has 0 saturated carbocycles. The Balaban J connectivity index is 1.84. The summed E-state index contributed by atoms with van der Waals surface area (Å²) < 4.78 is 0. The fraction of sp³-hybridized carbons (Fsp3) is 0.667. The molecular weight excluding hydrogens is 258 g/mol. The summed E-state index contributed by atoms with van der Waals surface area (Å²) in [4.78, 5) is 4.82. The largest absolute Gasteiger partial charge is 0.310 e. The molecule has 1 saturated heterocycles. The molecule has 0 atom stereocenters. The Morgan fingerprint density at radius 2 is 1.76 bits per heavy atom. The summed E-state index contributed by atoms with van der Waals surface area (Å²) in [5.41, 5.74) is 2.88. The second kappa shape index (κ2) is 7.92. The minimum atomic E-state index is 0.674. The van der Waals surface area contributed by atoms with Crippen LogP contribution in [0.25, 0.3) is 0 Å². The van der Waals surface area contributed by atoms with Crippen molar-refractivity contribution in [1.82, 2.24) is 15.1 Å². The average molecular weight is 289 g/mol. The van der Waals surface area contributed by atoms with Gasteiger partial charge in [0.15, 0.2) is 0 Å². The Kier molecular flexibility index (Phi) is 6.22. The molecule has 0 unspecified atom stereocenters. The van der Waals surface area contributed by atoms with Gasteiger partial charge in [-0.05, 0) is 65.0 Å². The monoisotopic (exact) mass is 289 g/mol. The Hall–Kier alpha value is -0.900. The van der Waals surface area contributed by atoms with Gasteiger partial charge in [-0.2, -0.15) is 0 Å². The van der Waals surface area contributed by atoms with Gasteiger partial charge in [0.25, 0.3) is 0 Å². The summed E-state index contributed by atoms with van der Waals surface area (Å²) in [6.07, 6.45) is 2.54. The quantitative estimate of drug-likeness (QED) is 0.869. The molecule has 0 bridgehead atoms. The van der Waals surface area contributed by atoms with E-state index in [2.05, 4.69) is 67.3 Å². The molecule has 3 heteroatoms. The topological polar surface area (TPSA) is 18.5 Å². The zero-order valence-corrected chi connectivity index (χ0v) is 14.1. The lowest BCUT2D eigenvalue weighted by Crippen LogP contribution is -2.44. The van der Waals surface area contributed by atoms with E-state index in [9.17, 15) is 0 Å². The molecule has 0 amide bonds. The number of rotatable bonds is 6. The van der Waals surface area contributed by atoms with Gasteiger partial charge < -0.3 is 15.1 Å². The van der Waals surface area contributed by atoms with Gasteiger partial charge in [-0.3, -0.25) is 0 Å². The van der Waals surface area contributed by atoms with Crippen molar-refractivity contribution < 1.29 is 0 Å². The lowest BCUT2D eigenvalue weighted by atomic mass is 10.0. The molecule has 3 nitrogen and oxygen atoms in total. The maximum absolute atomic E-state index is 3.77. The number of likely N-dealkylation sites (tertiary alicyclic amines) is 1. The molecule has 1 aromatic carbocycles. The first-order valence-corrected chi connectivity index (χ1v) is 8.25. The second-order valence-corrected chi connectivity index (χ2v) is 6.79. The van der Waals surface area contributed by atoms with Crippen LogP contribution in [0.4, 0.5) is 0 Å². The summed E-state index contributed by atoms with van der Waals surface area (Å²) in [6, 6.07) is 10.2. The van der Waals surface area contributed by atoms with Crippen LogP contribution in [0.3, 0.4) is 0 Å². The SMILES string of the molecule is CC(C)N1CCC(NCc2ccccc2CN(C)C)CC1. The van der Waals surface area contributed by atoms with Gasteiger partial charge in [0.05, 0.1) is 0 Å². The molecule has 1 fully saturated rings. The summed E-state index contributed by atoms with van der Waals surface area (Å²) in [6.45, 7) is 9.07. The maximum atomic E-state index is 3.77. The number of nitrogens with zero attached hydrogens (tertiary/aromatic N) is 2. The molecule has 0 aromatic heterocycles. The van der Waals surface area contributed by atoms with Crippen molar-refractivity contribution in [3.8, 4) is 0 Å². The van der Waals surface area contributed by atoms with Crippen molar-refractivity contribution in [2.75, 3.05) is 27.2 Å². The van der Waals surface area contributed by atoms with E-state index in [-0.39, 0.29) is 0 Å². The summed E-state index contributed by atoms with van der Waals surface area (Å²) in [5, 5.41) is 3.77. The Bertz CT molecular complexity index is 420. The molecule has 1 heterocycles. The Morgan fingerprint density at radius 1 is 1.14 bits per heavy atom. The predicted octanol–water partition coefficient (Wildman–Crippen LogP) is 2.71. The molecule has 0 spiro atoms. The van der Waals surface area contributed by atoms with Crippen LogP contribution in [-0.2, 0) is 13.1 Å². The molecule has 118 valence electrons. The zero-order chi connectivity index (χ0) is 15.2. The highest BCUT2D eigenvalue weighted by molar-refractivity contribution is 5.27. The molecule has 1 aliphatic rings. The highest BCUT2D eigenvalue weighted by Crippen LogP contribution is 2.15. The van der Waals surface area contributed by atoms with Crippen molar-refractivity contribution in [2.45, 2.75) is 51.9 Å². The van der Waals surface area contributed by atoms with Crippen LogP contribution in [0, 0.1) is 0 Å². The highest BCUT2D eigenvalue weighted by atomic mass is 15.2. The molecule has 0 radical (unpaired) electrons. The van der Waals surface area contributed by atoms with Crippen molar-refractivity contribution in [2.24, 2.45) is 0 Å². The summed E-state index contributed by atoms with van der Waals surface area (Å²) >= 11 is 0. The van der Waals surface area contributed by atoms with Crippen LogP contribution in [0.5, 0.6) is 0 Å². The van der Waals surface area contributed by atoms with Crippen LogP contribution in [0.1, 0.15) is 37.8 Å². The molecular formula is C18H31N3. The average Bonchev–Trinajstić information content (AvgIpc) is 2.46. The second-order valence-electron chi connectivity index (χ2n) is 6.79. The number of benzene rings is 1. The molecule has 21 heavy (non-hydrogen) atoms. The van der Waals surface area contributed by atoms with E-state index in [1.54, 1.807) is 0 Å². The summed E-state index contributed by atoms with van der Waals surface area (Å²) in [5.74, 6) is 0. The van der Waals surface area contributed by atoms with Crippen molar-refractivity contribution in [3.05, 3.63) is 35.4 Å². The van der Waals surface area contributed by atoms with Crippen LogP contribution < -0.4 is 5.32 Å². The van der Waals surface area contributed by atoms with Crippen LogP contribution in [0.2, 0.25) is 0 Å². The molecule has 1 aromatic rings. The molecule has 0 aliphatic carbocycles. The van der Waals surface area contributed by atoms with Gasteiger partial charge in [-0.15, -0.1) is 0 Å². The van der Waals surface area contributed by atoms with Gasteiger partial charge in [0.2, 0.25) is 0 Å². The fourth-order valence-corrected chi connectivity index (χ4v) is 3.10. The van der Waals surface area contributed by atoms with Crippen LogP contribution in [-0.4, -0.2) is 49.1 Å². The van der Waals surface area contributed by atoms with Gasteiger partial charge in [-0.1, -0.05) is 24.3 Å². The number of piperidine rings is 1. The third-order valence-electron chi connectivity index (χ3n) is 4.45. The van der Waals surface area contributed by atoms with E-state index in [0.29, 0.717) is 12.1 Å². The van der Waals surface area contributed by atoms with Gasteiger partial charge in [-0.25, -0.2) is 0 Å². The predicted molar refractivity (Wildman–Crippen MR) is 90.4 cm³/mol. The minimum Gasteiger partial charge on any atom is -0.310 e. The van der Waals surface area contributed by atoms with E-state index < -0.39 is 0 Å². The van der Waals surface area contributed by atoms with Crippen LogP contribution >= 0.6 is 0 Å². The van der Waals surface area contributed by atoms with E-state index in [1.165, 1.54) is 37.1 Å². The number of nitrogens with one attached hydrogen (secondary N) is 1. The van der Waals surface area contributed by atoms with Crippen molar-refractivity contribution in [1.29, 1.82) is 0 Å². The number of hydrogen-bond donors (Lipinski definition) is 1. The highest BCUT2D eigenvalue weighted by Gasteiger charge is 2.20. The Labute approximate surface area is 130 Å². The molecule has 2 rings (SSSR count). The van der Waals surface area contributed by atoms with Gasteiger partial charge in [0, 0.05) is 25.2 Å². The smallest absolute Gasteiger partial charge is 0.0230 e. The third-order valence-corrected chi connectivity index (χ3v) is 4.45. The normalized spacial score (nSPS) is 17.8. The third kappa shape index (κ3) is 5.10. The van der Waals surface area contributed by atoms with Crippen LogP contribution in [0.15, 0.2) is 24.3 Å². The first kappa shape index (κ1) is 16.5. The minimum absolute atomic E-state index is 0.674. The molecule has 1 aliphatic heterocycles. The summed E-state index contributed by atoms with van der Waals surface area (Å²) in [7, 11) is 4.26. The van der Waals surface area contributed by atoms with E-state index in [0.717, 1.165) is 13.1 Å². The van der Waals surface area contributed by atoms with Crippen molar-refractivity contribution in [3.63, 3.8) is 0 Å². The number of hydrogen-bond acceptors (Lipinski definition) is 3. The maximum Gasteiger partial charge on any atom is 0.0230 e. The molecule has 1 N–H and O–H groups in total. The first-order valence-electron chi connectivity index (χ1n) is 8.25. The standard InChI is InChI=1S/C18H31N3/c1-15(2)21-11-9-18(10-12-21)19-13-16-7-5-6-8-17(16)14-20(3)4/h5-8,15,18-19H,9-14H2,1-4H3. The lowest BCUT2D eigenvalue weighted by molar-refractivity contribution is 0.161. The van der Waals surface area contributed by atoms with Gasteiger partial charge >= 0.3 is 0 Å². The van der Waals surface area contributed by atoms with Gasteiger partial charge in [0.1, 0.15) is 0 Å².